The van der Waals surface area contributed by atoms with Gasteiger partial charge in [0.2, 0.25) is 0 Å². The normalized spacial score (nSPS) is 11.6. The molecule has 0 radical (unpaired) electrons. The Kier molecular flexibility index (Phi) is 9.97. The Morgan fingerprint density at radius 1 is 0.492 bits per heavy atom. The first-order valence-corrected chi connectivity index (χ1v) is 22.0. The van der Waals surface area contributed by atoms with Gasteiger partial charge in [0.15, 0.2) is 5.82 Å². The van der Waals surface area contributed by atoms with Gasteiger partial charge >= 0.3 is 0 Å². The smallest absolute Gasteiger partial charge is 0.273 e. The van der Waals surface area contributed by atoms with E-state index in [2.05, 4.69) is 202 Å². The molecule has 312 valence electrons. The number of benzene rings is 8. The van der Waals surface area contributed by atoms with Gasteiger partial charge in [0, 0.05) is 28.6 Å². The van der Waals surface area contributed by atoms with Crippen LogP contribution in [0.2, 0.25) is 0 Å². The van der Waals surface area contributed by atoms with E-state index in [0.29, 0.717) is 11.5 Å². The van der Waals surface area contributed by atoms with Crippen LogP contribution in [0.15, 0.2) is 219 Å². The molecule has 0 spiro atoms. The number of nitrogens with zero attached hydrogens (tertiary/aromatic N) is 5. The molecule has 0 bridgehead atoms. The quantitative estimate of drug-likeness (QED) is 0.107. The van der Waals surface area contributed by atoms with E-state index >= 15 is 0 Å². The summed E-state index contributed by atoms with van der Waals surface area (Å²) in [6.07, 6.45) is 5.59. The molecule has 11 aromatic rings. The highest BCUT2D eigenvalue weighted by Crippen LogP contribution is 2.39. The van der Waals surface area contributed by atoms with Crippen LogP contribution in [-0.2, 0) is 5.41 Å². The summed E-state index contributed by atoms with van der Waals surface area (Å²) in [5, 5.41) is 7.60. The Bertz CT molecular complexity index is 3420. The van der Waals surface area contributed by atoms with E-state index in [9.17, 15) is 0 Å². The first-order valence-electron chi connectivity index (χ1n) is 22.0. The Balaban J connectivity index is 1.03. The van der Waals surface area contributed by atoms with Gasteiger partial charge in [-0.1, -0.05) is 178 Å². The van der Waals surface area contributed by atoms with Gasteiger partial charge in [-0.25, -0.2) is 4.98 Å². The van der Waals surface area contributed by atoms with Crippen molar-refractivity contribution in [1.29, 1.82) is 0 Å². The fraction of sp³-hybridized carbons (Fsp3) is 0.0678. The van der Waals surface area contributed by atoms with Crippen LogP contribution in [0.1, 0.15) is 26.3 Å². The monoisotopic (exact) mass is 839 g/mol. The van der Waals surface area contributed by atoms with Crippen LogP contribution in [0.25, 0.3) is 83.8 Å². The molecule has 0 atom stereocenters. The van der Waals surface area contributed by atoms with Gasteiger partial charge in [0.05, 0.1) is 22.4 Å². The van der Waals surface area contributed by atoms with Crippen LogP contribution in [0.3, 0.4) is 0 Å². The van der Waals surface area contributed by atoms with Crippen LogP contribution < -0.4 is 9.42 Å². The van der Waals surface area contributed by atoms with E-state index < -0.39 is 0 Å². The molecule has 0 saturated carbocycles. The number of fused-ring (bicyclic) bond motifs is 3. The molecule has 3 aromatic heterocycles. The largest absolute Gasteiger partial charge is 0.458 e. The molecule has 0 aliphatic heterocycles. The highest BCUT2D eigenvalue weighted by Gasteiger charge is 2.22. The molecule has 6 nitrogen and oxygen atoms in total. The van der Waals surface area contributed by atoms with E-state index in [-0.39, 0.29) is 5.41 Å². The molecule has 0 saturated heterocycles. The zero-order valence-corrected chi connectivity index (χ0v) is 36.4. The second-order valence-electron chi connectivity index (χ2n) is 17.3. The van der Waals surface area contributed by atoms with Gasteiger partial charge in [0.25, 0.3) is 6.33 Å². The summed E-state index contributed by atoms with van der Waals surface area (Å²) in [6, 6.07) is 73.7. The minimum absolute atomic E-state index is 0.0437. The topological polar surface area (TPSA) is 48.8 Å². The molecule has 3 heterocycles. The number of aromatic nitrogens is 5. The average molecular weight is 840 g/mol. The van der Waals surface area contributed by atoms with E-state index in [1.165, 1.54) is 11.1 Å². The van der Waals surface area contributed by atoms with Crippen LogP contribution in [0, 0.1) is 6.33 Å². The number of pyridine rings is 1. The zero-order chi connectivity index (χ0) is 43.9. The van der Waals surface area contributed by atoms with Gasteiger partial charge in [0.1, 0.15) is 17.3 Å². The van der Waals surface area contributed by atoms with E-state index in [4.69, 9.17) is 14.8 Å². The van der Waals surface area contributed by atoms with Crippen LogP contribution in [-0.4, -0.2) is 19.2 Å². The first-order chi connectivity index (χ1) is 31.9. The van der Waals surface area contributed by atoms with E-state index in [1.807, 2.05) is 57.9 Å². The van der Waals surface area contributed by atoms with Crippen molar-refractivity contribution in [3.05, 3.63) is 230 Å². The lowest BCUT2D eigenvalue weighted by Crippen LogP contribution is -2.34. The summed E-state index contributed by atoms with van der Waals surface area (Å²) in [5.74, 6) is 3.01. The SMILES string of the molecule is CC(C)(C)c1ccnc(-n2c3ccc(-c4ccccc4)cc3c3ccc(Oc4cccc(-n5[c-][n+](-c6c(-c7ccccc7)cccc6-c6ccccc6)nc5-c5ccccc5)c4)cc32)c1. The lowest BCUT2D eigenvalue weighted by molar-refractivity contribution is -0.659. The minimum Gasteiger partial charge on any atom is -0.458 e. The standard InChI is InChI=1S/C59H45N5O/c1-59(2,3)46-34-35-60-56(37-46)64-54-33-30-45(41-18-8-4-9-19-41)36-53(54)52-32-31-49(39-55(52)64)65-48-27-16-26-47(38-48)62-40-63(61-58(62)44-24-14-7-15-25-44)57-50(42-20-10-5-11-21-42)28-17-29-51(57)43-22-12-6-13-23-43/h4-39H,1-3H3. The zero-order valence-electron chi connectivity index (χ0n) is 36.4. The molecular formula is C59H45N5O. The number of ether oxygens (including phenoxy) is 1. The third-order valence-electron chi connectivity index (χ3n) is 12.0. The molecule has 6 heteroatoms. The molecule has 0 fully saturated rings. The van der Waals surface area contributed by atoms with Crippen molar-refractivity contribution >= 4 is 21.8 Å². The Hall–Kier alpha value is -8.35. The molecule has 0 N–H and O–H groups in total. The molecule has 11 rings (SSSR count). The van der Waals surface area contributed by atoms with Crippen molar-refractivity contribution in [2.45, 2.75) is 26.2 Å². The lowest BCUT2D eigenvalue weighted by atomic mass is 9.88. The summed E-state index contributed by atoms with van der Waals surface area (Å²) in [6.45, 7) is 6.71. The summed E-state index contributed by atoms with van der Waals surface area (Å²) in [5.41, 5.74) is 12.7. The van der Waals surface area contributed by atoms with Gasteiger partial charge < -0.3 is 4.74 Å². The maximum Gasteiger partial charge on any atom is 0.273 e. The highest BCUT2D eigenvalue weighted by molar-refractivity contribution is 6.10. The number of rotatable bonds is 9. The number of hydrogen-bond acceptors (Lipinski definition) is 3. The minimum atomic E-state index is -0.0437. The fourth-order valence-electron chi connectivity index (χ4n) is 8.78. The van der Waals surface area contributed by atoms with Gasteiger partial charge in [-0.15, -0.1) is 5.10 Å². The maximum absolute atomic E-state index is 6.81. The van der Waals surface area contributed by atoms with E-state index in [1.54, 1.807) is 0 Å². The second-order valence-corrected chi connectivity index (χ2v) is 17.3. The van der Waals surface area contributed by atoms with Crippen molar-refractivity contribution in [2.24, 2.45) is 0 Å². The number of hydrogen-bond donors (Lipinski definition) is 0. The van der Waals surface area contributed by atoms with Crippen molar-refractivity contribution in [3.8, 4) is 73.5 Å². The average Bonchev–Trinajstić information content (AvgIpc) is 3.94. The second kappa shape index (κ2) is 16.4. The van der Waals surface area contributed by atoms with Crippen LogP contribution in [0.5, 0.6) is 11.5 Å². The Morgan fingerprint density at radius 2 is 1.11 bits per heavy atom. The first kappa shape index (κ1) is 39.5. The maximum atomic E-state index is 6.81. The summed E-state index contributed by atoms with van der Waals surface area (Å²) >= 11 is 0. The fourth-order valence-corrected chi connectivity index (χ4v) is 8.78. The molecular weight excluding hydrogens is 795 g/mol. The van der Waals surface area contributed by atoms with Crippen molar-refractivity contribution < 1.29 is 9.42 Å². The predicted molar refractivity (Wildman–Crippen MR) is 263 cm³/mol. The molecule has 8 aromatic carbocycles. The van der Waals surface area contributed by atoms with Crippen molar-refractivity contribution in [3.63, 3.8) is 0 Å². The van der Waals surface area contributed by atoms with Gasteiger partial charge in [-0.3, -0.25) is 9.13 Å². The summed E-state index contributed by atoms with van der Waals surface area (Å²) < 4.78 is 13.0. The summed E-state index contributed by atoms with van der Waals surface area (Å²) in [4.78, 5) is 4.95. The Morgan fingerprint density at radius 3 is 1.77 bits per heavy atom. The molecule has 0 aliphatic rings. The Labute approximate surface area is 379 Å². The van der Waals surface area contributed by atoms with Gasteiger partial charge in [-0.05, 0) is 92.9 Å². The van der Waals surface area contributed by atoms with E-state index in [0.717, 1.165) is 78.2 Å². The van der Waals surface area contributed by atoms with Gasteiger partial charge in [-0.2, -0.15) is 4.68 Å². The van der Waals surface area contributed by atoms with Crippen molar-refractivity contribution in [2.75, 3.05) is 0 Å². The molecule has 0 unspecified atom stereocenters. The highest BCUT2D eigenvalue weighted by atomic mass is 16.5. The predicted octanol–water partition coefficient (Wildman–Crippen LogP) is 14.2. The number of para-hydroxylation sites is 1. The third-order valence-corrected chi connectivity index (χ3v) is 12.0. The third kappa shape index (κ3) is 7.55. The lowest BCUT2D eigenvalue weighted by Gasteiger charge is -2.20. The van der Waals surface area contributed by atoms with Crippen molar-refractivity contribution in [1.82, 2.24) is 19.2 Å². The molecule has 0 amide bonds. The van der Waals surface area contributed by atoms with Crippen LogP contribution in [0.4, 0.5) is 0 Å². The van der Waals surface area contributed by atoms with Crippen LogP contribution >= 0.6 is 0 Å². The molecule has 65 heavy (non-hydrogen) atoms. The molecule has 0 aliphatic carbocycles. The summed E-state index contributed by atoms with van der Waals surface area (Å²) in [7, 11) is 0.